The maximum atomic E-state index is 5.52. The molecule has 5 heteroatoms. The van der Waals surface area contributed by atoms with Gasteiger partial charge in [0.1, 0.15) is 6.61 Å². The smallest absolute Gasteiger partial charge is 0.114 e. The molecular formula is C7H16ClN3O. The first-order valence-electron chi connectivity index (χ1n) is 3.98. The second-order valence-corrected chi connectivity index (χ2v) is 2.56. The molecule has 0 radical (unpaired) electrons. The van der Waals surface area contributed by atoms with E-state index in [1.165, 1.54) is 0 Å². The summed E-state index contributed by atoms with van der Waals surface area (Å²) in [6.07, 6.45) is 0. The Morgan fingerprint density at radius 1 is 1.75 bits per heavy atom. The molecule has 0 aromatic carbocycles. The van der Waals surface area contributed by atoms with E-state index in [0.717, 1.165) is 18.8 Å². The lowest BCUT2D eigenvalue weighted by Crippen LogP contribution is -2.22. The number of hydrogen-bond donors (Lipinski definition) is 2. The van der Waals surface area contributed by atoms with Crippen LogP contribution in [0.5, 0.6) is 0 Å². The Balaban J connectivity index is 0.00000121. The Hall–Kier alpha value is -0.320. The van der Waals surface area contributed by atoms with Gasteiger partial charge in [-0.3, -0.25) is 0 Å². The first kappa shape index (κ1) is 11.7. The van der Waals surface area contributed by atoms with Crippen molar-refractivity contribution in [2.24, 2.45) is 16.8 Å². The zero-order chi connectivity index (χ0) is 8.10. The molecule has 0 bridgehead atoms. The molecule has 1 saturated heterocycles. The van der Waals surface area contributed by atoms with Gasteiger partial charge in [0.2, 0.25) is 0 Å². The third kappa shape index (κ3) is 2.97. The maximum absolute atomic E-state index is 5.52. The number of hydrogen-bond acceptors (Lipinski definition) is 4. The summed E-state index contributed by atoms with van der Waals surface area (Å²) in [4.78, 5) is 4.94. The fraction of sp³-hybridized carbons (Fsp3) is 0.857. The summed E-state index contributed by atoms with van der Waals surface area (Å²) in [6.45, 7) is 4.95. The summed E-state index contributed by atoms with van der Waals surface area (Å²) in [7, 11) is 0. The summed E-state index contributed by atoms with van der Waals surface area (Å²) in [5, 5.41) is 7.16. The monoisotopic (exact) mass is 193 g/mol. The van der Waals surface area contributed by atoms with Crippen molar-refractivity contribution in [2.75, 3.05) is 26.2 Å². The normalized spacial score (nSPS) is 25.5. The number of nitrogens with one attached hydrogen (secondary N) is 1. The minimum absolute atomic E-state index is 0. The largest absolute Gasteiger partial charge is 0.396 e. The highest BCUT2D eigenvalue weighted by atomic mass is 35.5. The van der Waals surface area contributed by atoms with E-state index in [9.17, 15) is 0 Å². The molecule has 0 amide bonds. The lowest BCUT2D eigenvalue weighted by Gasteiger charge is -2.04. The van der Waals surface area contributed by atoms with Crippen molar-refractivity contribution in [1.82, 2.24) is 5.32 Å². The molecule has 0 aromatic heterocycles. The molecule has 1 fully saturated rings. The summed E-state index contributed by atoms with van der Waals surface area (Å²) < 4.78 is 0. The fourth-order valence-electron chi connectivity index (χ4n) is 1.11. The summed E-state index contributed by atoms with van der Waals surface area (Å²) in [5.74, 6) is 0.376. The van der Waals surface area contributed by atoms with Crippen molar-refractivity contribution in [2.45, 2.75) is 6.92 Å². The molecule has 1 atom stereocenters. The standard InChI is InChI=1S/C7H15N3O.ClH/c1-2-11-10-7-5-9-4-6(7)3-8;/h6,9H,2-5,8H2,1H3;1H. The van der Waals surface area contributed by atoms with Crippen LogP contribution in [0.15, 0.2) is 5.16 Å². The van der Waals surface area contributed by atoms with Crippen molar-refractivity contribution in [1.29, 1.82) is 0 Å². The molecule has 1 aliphatic heterocycles. The fourth-order valence-corrected chi connectivity index (χ4v) is 1.11. The Bertz CT molecular complexity index is 152. The zero-order valence-electron chi connectivity index (χ0n) is 7.25. The second kappa shape index (κ2) is 6.22. The van der Waals surface area contributed by atoms with Crippen molar-refractivity contribution in [3.63, 3.8) is 0 Å². The summed E-state index contributed by atoms with van der Waals surface area (Å²) in [5.41, 5.74) is 6.57. The Morgan fingerprint density at radius 3 is 3.08 bits per heavy atom. The lowest BCUT2D eigenvalue weighted by molar-refractivity contribution is 0.157. The van der Waals surface area contributed by atoms with Crippen LogP contribution in [0.3, 0.4) is 0 Å². The quantitative estimate of drug-likeness (QED) is 0.620. The van der Waals surface area contributed by atoms with Crippen LogP contribution in [0.25, 0.3) is 0 Å². The minimum Gasteiger partial charge on any atom is -0.396 e. The van der Waals surface area contributed by atoms with Crippen LogP contribution in [0.2, 0.25) is 0 Å². The van der Waals surface area contributed by atoms with Crippen LogP contribution in [0.1, 0.15) is 6.92 Å². The zero-order valence-corrected chi connectivity index (χ0v) is 8.06. The van der Waals surface area contributed by atoms with E-state index in [4.69, 9.17) is 10.6 Å². The third-order valence-corrected chi connectivity index (χ3v) is 1.76. The molecular weight excluding hydrogens is 178 g/mol. The van der Waals surface area contributed by atoms with Gasteiger partial charge in [-0.05, 0) is 6.92 Å². The molecule has 0 saturated carbocycles. The Labute approximate surface area is 78.9 Å². The van der Waals surface area contributed by atoms with E-state index in [1.54, 1.807) is 0 Å². The maximum Gasteiger partial charge on any atom is 0.114 e. The molecule has 1 heterocycles. The van der Waals surface area contributed by atoms with E-state index < -0.39 is 0 Å². The number of halogens is 1. The van der Waals surface area contributed by atoms with Gasteiger partial charge in [0, 0.05) is 25.6 Å². The van der Waals surface area contributed by atoms with Gasteiger partial charge in [-0.25, -0.2) is 0 Å². The van der Waals surface area contributed by atoms with Crippen LogP contribution in [0, 0.1) is 5.92 Å². The van der Waals surface area contributed by atoms with Crippen molar-refractivity contribution in [3.8, 4) is 0 Å². The molecule has 1 aliphatic rings. The van der Waals surface area contributed by atoms with Gasteiger partial charge in [-0.1, -0.05) is 5.16 Å². The van der Waals surface area contributed by atoms with Crippen LogP contribution in [0.4, 0.5) is 0 Å². The second-order valence-electron chi connectivity index (χ2n) is 2.56. The molecule has 0 aromatic rings. The molecule has 1 unspecified atom stereocenters. The predicted molar refractivity (Wildman–Crippen MR) is 51.7 cm³/mol. The van der Waals surface area contributed by atoms with E-state index >= 15 is 0 Å². The topological polar surface area (TPSA) is 59.6 Å². The first-order valence-corrected chi connectivity index (χ1v) is 3.98. The highest BCUT2D eigenvalue weighted by Gasteiger charge is 2.20. The molecule has 72 valence electrons. The Kier molecular flexibility index (Phi) is 6.06. The predicted octanol–water partition coefficient (Wildman–Crippen LogP) is -0.0212. The van der Waals surface area contributed by atoms with Gasteiger partial charge in [0.25, 0.3) is 0 Å². The molecule has 0 spiro atoms. The van der Waals surface area contributed by atoms with E-state index in [-0.39, 0.29) is 12.4 Å². The number of rotatable bonds is 3. The summed E-state index contributed by atoms with van der Waals surface area (Å²) >= 11 is 0. The van der Waals surface area contributed by atoms with Gasteiger partial charge in [-0.15, -0.1) is 12.4 Å². The first-order chi connectivity index (χ1) is 5.38. The van der Waals surface area contributed by atoms with E-state index in [2.05, 4.69) is 10.5 Å². The van der Waals surface area contributed by atoms with Crippen molar-refractivity contribution >= 4 is 18.1 Å². The number of oxime groups is 1. The highest BCUT2D eigenvalue weighted by molar-refractivity contribution is 5.90. The summed E-state index contributed by atoms with van der Waals surface area (Å²) in [6, 6.07) is 0. The molecule has 12 heavy (non-hydrogen) atoms. The third-order valence-electron chi connectivity index (χ3n) is 1.76. The SMILES string of the molecule is CCON=C1CNCC1CN.Cl. The van der Waals surface area contributed by atoms with E-state index in [1.807, 2.05) is 6.92 Å². The number of nitrogens with zero attached hydrogens (tertiary/aromatic N) is 1. The lowest BCUT2D eigenvalue weighted by atomic mass is 10.1. The van der Waals surface area contributed by atoms with Crippen LogP contribution in [-0.4, -0.2) is 32.0 Å². The average Bonchev–Trinajstić information content (AvgIpc) is 2.47. The van der Waals surface area contributed by atoms with E-state index in [0.29, 0.717) is 19.1 Å². The minimum atomic E-state index is 0. The Morgan fingerprint density at radius 2 is 2.50 bits per heavy atom. The van der Waals surface area contributed by atoms with Gasteiger partial charge in [-0.2, -0.15) is 0 Å². The van der Waals surface area contributed by atoms with Gasteiger partial charge in [0.15, 0.2) is 0 Å². The van der Waals surface area contributed by atoms with Crippen LogP contribution in [-0.2, 0) is 4.84 Å². The van der Waals surface area contributed by atoms with Crippen LogP contribution < -0.4 is 11.1 Å². The molecule has 4 nitrogen and oxygen atoms in total. The average molecular weight is 194 g/mol. The van der Waals surface area contributed by atoms with Crippen molar-refractivity contribution < 1.29 is 4.84 Å². The highest BCUT2D eigenvalue weighted by Crippen LogP contribution is 2.03. The van der Waals surface area contributed by atoms with Gasteiger partial charge < -0.3 is 15.9 Å². The molecule has 0 aliphatic carbocycles. The molecule has 3 N–H and O–H groups in total. The van der Waals surface area contributed by atoms with Gasteiger partial charge in [0.05, 0.1) is 5.71 Å². The van der Waals surface area contributed by atoms with Crippen molar-refractivity contribution in [3.05, 3.63) is 0 Å². The van der Waals surface area contributed by atoms with Crippen LogP contribution >= 0.6 is 12.4 Å². The number of nitrogens with two attached hydrogens (primary N) is 1. The molecule has 1 rings (SSSR count). The van der Waals surface area contributed by atoms with Gasteiger partial charge >= 0.3 is 0 Å².